The van der Waals surface area contributed by atoms with E-state index in [1.54, 1.807) is 18.2 Å². The molecule has 0 saturated carbocycles. The van der Waals surface area contributed by atoms with Crippen LogP contribution in [0.4, 0.5) is 4.39 Å². The Hall–Kier alpha value is -0.640. The van der Waals surface area contributed by atoms with Gasteiger partial charge in [-0.2, -0.15) is 0 Å². The van der Waals surface area contributed by atoms with Crippen LogP contribution in [0.25, 0.3) is 0 Å². The van der Waals surface area contributed by atoms with E-state index in [4.69, 9.17) is 16.3 Å². The van der Waals surface area contributed by atoms with Crippen LogP contribution in [-0.2, 0) is 11.3 Å². The van der Waals surface area contributed by atoms with Gasteiger partial charge in [0.1, 0.15) is 5.82 Å². The summed E-state index contributed by atoms with van der Waals surface area (Å²) in [5.74, 6) is 0.203. The highest BCUT2D eigenvalue weighted by Crippen LogP contribution is 2.20. The number of halogens is 2. The molecule has 1 aromatic carbocycles. The van der Waals surface area contributed by atoms with Gasteiger partial charge in [-0.05, 0) is 25.3 Å². The molecule has 2 atom stereocenters. The van der Waals surface area contributed by atoms with Gasteiger partial charge in [-0.25, -0.2) is 4.39 Å². The summed E-state index contributed by atoms with van der Waals surface area (Å²) in [5.41, 5.74) is 0.615. The molecular formula is C13H17ClFNO. The summed E-state index contributed by atoms with van der Waals surface area (Å²) in [7, 11) is 0. The van der Waals surface area contributed by atoms with Gasteiger partial charge in [0, 0.05) is 25.3 Å². The number of hydrogen-bond acceptors (Lipinski definition) is 2. The van der Waals surface area contributed by atoms with E-state index in [0.29, 0.717) is 24.1 Å². The summed E-state index contributed by atoms with van der Waals surface area (Å²) >= 11 is 5.72. The van der Waals surface area contributed by atoms with Crippen LogP contribution in [0.15, 0.2) is 18.2 Å². The van der Waals surface area contributed by atoms with E-state index in [0.717, 1.165) is 19.6 Å². The highest BCUT2D eigenvalue weighted by Gasteiger charge is 2.23. The zero-order chi connectivity index (χ0) is 12.3. The van der Waals surface area contributed by atoms with E-state index in [1.165, 1.54) is 0 Å². The average Bonchev–Trinajstić information content (AvgIpc) is 2.71. The minimum Gasteiger partial charge on any atom is -0.378 e. The van der Waals surface area contributed by atoms with Crippen molar-refractivity contribution in [3.8, 4) is 0 Å². The molecule has 2 unspecified atom stereocenters. The molecule has 2 rings (SSSR count). The summed E-state index contributed by atoms with van der Waals surface area (Å²) in [6, 6.07) is 5.08. The summed E-state index contributed by atoms with van der Waals surface area (Å²) in [4.78, 5) is 0. The Morgan fingerprint density at radius 2 is 2.35 bits per heavy atom. The summed E-state index contributed by atoms with van der Waals surface area (Å²) in [5, 5.41) is 3.45. The molecule has 1 heterocycles. The van der Waals surface area contributed by atoms with Crippen LogP contribution in [-0.4, -0.2) is 19.3 Å². The van der Waals surface area contributed by atoms with E-state index in [-0.39, 0.29) is 10.8 Å². The molecule has 0 amide bonds. The lowest BCUT2D eigenvalue weighted by Crippen LogP contribution is -2.26. The molecule has 1 aliphatic rings. The van der Waals surface area contributed by atoms with Crippen molar-refractivity contribution in [1.29, 1.82) is 0 Å². The van der Waals surface area contributed by atoms with Crippen molar-refractivity contribution in [2.75, 3.05) is 13.2 Å². The van der Waals surface area contributed by atoms with Crippen LogP contribution in [0.3, 0.4) is 0 Å². The molecule has 1 N–H and O–H groups in total. The minimum atomic E-state index is -0.322. The molecule has 94 valence electrons. The van der Waals surface area contributed by atoms with Gasteiger partial charge in [-0.3, -0.25) is 0 Å². The van der Waals surface area contributed by atoms with Crippen LogP contribution >= 0.6 is 11.6 Å². The Bertz CT molecular complexity index is 386. The molecule has 17 heavy (non-hydrogen) atoms. The molecule has 1 fully saturated rings. The first-order valence-electron chi connectivity index (χ1n) is 5.93. The lowest BCUT2D eigenvalue weighted by Gasteiger charge is -2.15. The predicted molar refractivity (Wildman–Crippen MR) is 66.6 cm³/mol. The van der Waals surface area contributed by atoms with E-state index in [2.05, 4.69) is 12.2 Å². The fourth-order valence-corrected chi connectivity index (χ4v) is 2.32. The monoisotopic (exact) mass is 257 g/mol. The van der Waals surface area contributed by atoms with Gasteiger partial charge in [0.05, 0.1) is 11.1 Å². The number of rotatable bonds is 4. The zero-order valence-corrected chi connectivity index (χ0v) is 10.6. The Labute approximate surface area is 106 Å². The maximum atomic E-state index is 13.6. The highest BCUT2D eigenvalue weighted by molar-refractivity contribution is 6.30. The third kappa shape index (κ3) is 3.18. The van der Waals surface area contributed by atoms with Crippen molar-refractivity contribution >= 4 is 11.6 Å². The summed E-state index contributed by atoms with van der Waals surface area (Å²) in [6.07, 6.45) is 1.37. The van der Waals surface area contributed by atoms with E-state index in [1.807, 2.05) is 0 Å². The Morgan fingerprint density at radius 1 is 1.53 bits per heavy atom. The molecule has 0 bridgehead atoms. The van der Waals surface area contributed by atoms with Crippen LogP contribution in [0.1, 0.15) is 18.9 Å². The van der Waals surface area contributed by atoms with E-state index >= 15 is 0 Å². The fourth-order valence-electron chi connectivity index (χ4n) is 2.12. The van der Waals surface area contributed by atoms with Gasteiger partial charge in [-0.1, -0.05) is 23.7 Å². The molecular weight excluding hydrogens is 241 g/mol. The van der Waals surface area contributed by atoms with Crippen molar-refractivity contribution in [3.63, 3.8) is 0 Å². The SMILES string of the molecule is CC1OCCC1CNCc1cccc(Cl)c1F. The third-order valence-electron chi connectivity index (χ3n) is 3.29. The first-order valence-corrected chi connectivity index (χ1v) is 6.31. The van der Waals surface area contributed by atoms with E-state index < -0.39 is 0 Å². The third-order valence-corrected chi connectivity index (χ3v) is 3.58. The maximum Gasteiger partial charge on any atom is 0.146 e. The first kappa shape index (κ1) is 12.8. The van der Waals surface area contributed by atoms with Crippen molar-refractivity contribution < 1.29 is 9.13 Å². The van der Waals surface area contributed by atoms with Gasteiger partial charge >= 0.3 is 0 Å². The van der Waals surface area contributed by atoms with Gasteiger partial charge < -0.3 is 10.1 Å². The second-order valence-electron chi connectivity index (χ2n) is 4.47. The lowest BCUT2D eigenvalue weighted by molar-refractivity contribution is 0.105. The molecule has 1 aliphatic heterocycles. The smallest absolute Gasteiger partial charge is 0.146 e. The number of nitrogens with one attached hydrogen (secondary N) is 1. The van der Waals surface area contributed by atoms with Gasteiger partial charge in [0.2, 0.25) is 0 Å². The topological polar surface area (TPSA) is 21.3 Å². The number of ether oxygens (including phenoxy) is 1. The lowest BCUT2D eigenvalue weighted by atomic mass is 10.0. The average molecular weight is 258 g/mol. The minimum absolute atomic E-state index is 0.182. The van der Waals surface area contributed by atoms with Gasteiger partial charge in [0.25, 0.3) is 0 Å². The normalized spacial score (nSPS) is 24.2. The standard InChI is InChI=1S/C13H17ClFNO/c1-9-10(5-6-17-9)7-16-8-11-3-2-4-12(14)13(11)15/h2-4,9-10,16H,5-8H2,1H3. The second-order valence-corrected chi connectivity index (χ2v) is 4.88. The Morgan fingerprint density at radius 3 is 3.06 bits per heavy atom. The Kier molecular flexibility index (Phi) is 4.37. The molecule has 0 radical (unpaired) electrons. The molecule has 2 nitrogen and oxygen atoms in total. The van der Waals surface area contributed by atoms with Crippen molar-refractivity contribution in [2.24, 2.45) is 5.92 Å². The molecule has 0 spiro atoms. The Balaban J connectivity index is 1.84. The van der Waals surface area contributed by atoms with Crippen LogP contribution < -0.4 is 5.32 Å². The van der Waals surface area contributed by atoms with Crippen molar-refractivity contribution in [3.05, 3.63) is 34.6 Å². The second kappa shape index (κ2) is 5.80. The summed E-state index contributed by atoms with van der Waals surface area (Å²) in [6.45, 7) is 4.28. The number of benzene rings is 1. The molecule has 4 heteroatoms. The highest BCUT2D eigenvalue weighted by atomic mass is 35.5. The maximum absolute atomic E-state index is 13.6. The zero-order valence-electron chi connectivity index (χ0n) is 9.88. The number of hydrogen-bond donors (Lipinski definition) is 1. The summed E-state index contributed by atoms with van der Waals surface area (Å²) < 4.78 is 19.1. The van der Waals surface area contributed by atoms with Crippen LogP contribution in [0.5, 0.6) is 0 Å². The molecule has 1 aromatic rings. The largest absolute Gasteiger partial charge is 0.378 e. The molecule has 0 aromatic heterocycles. The van der Waals surface area contributed by atoms with Crippen molar-refractivity contribution in [2.45, 2.75) is 26.0 Å². The van der Waals surface area contributed by atoms with Crippen LogP contribution in [0, 0.1) is 11.7 Å². The quantitative estimate of drug-likeness (QED) is 0.895. The fraction of sp³-hybridized carbons (Fsp3) is 0.538. The van der Waals surface area contributed by atoms with Crippen molar-refractivity contribution in [1.82, 2.24) is 5.32 Å². The van der Waals surface area contributed by atoms with Gasteiger partial charge in [0.15, 0.2) is 0 Å². The predicted octanol–water partition coefficient (Wildman–Crippen LogP) is 2.99. The van der Waals surface area contributed by atoms with E-state index in [9.17, 15) is 4.39 Å². The first-order chi connectivity index (χ1) is 8.18. The van der Waals surface area contributed by atoms with Crippen LogP contribution in [0.2, 0.25) is 5.02 Å². The molecule has 1 saturated heterocycles. The molecule has 0 aliphatic carbocycles. The van der Waals surface area contributed by atoms with Gasteiger partial charge in [-0.15, -0.1) is 0 Å².